The Hall–Kier alpha value is -0.100. The van der Waals surface area contributed by atoms with Gasteiger partial charge in [-0.25, -0.2) is 0 Å². The van der Waals surface area contributed by atoms with Gasteiger partial charge in [-0.1, -0.05) is 0 Å². The highest BCUT2D eigenvalue weighted by atomic mass is 32.2. The van der Waals surface area contributed by atoms with Crippen LogP contribution in [0.1, 0.15) is 0 Å². The summed E-state index contributed by atoms with van der Waals surface area (Å²) >= 11 is 1.26. The number of ketones is 1. The molecule has 0 aliphatic carbocycles. The zero-order chi connectivity index (χ0) is 8.85. The van der Waals surface area contributed by atoms with Gasteiger partial charge in [0.05, 0.1) is 12.4 Å². The average molecular weight is 180 g/mol. The van der Waals surface area contributed by atoms with Crippen LogP contribution in [0.3, 0.4) is 0 Å². The Morgan fingerprint density at radius 3 is 2.45 bits per heavy atom. The van der Waals surface area contributed by atoms with E-state index in [-0.39, 0.29) is 5.75 Å². The summed E-state index contributed by atoms with van der Waals surface area (Å²) in [6.07, 6.45) is -1.09. The number of carbonyl (C=O) groups excluding carboxylic acids is 1. The third kappa shape index (κ3) is 3.71. The van der Waals surface area contributed by atoms with Gasteiger partial charge in [0.15, 0.2) is 5.78 Å². The Balaban J connectivity index is 3.80. The van der Waals surface area contributed by atoms with Gasteiger partial charge < -0.3 is 15.3 Å². The van der Waals surface area contributed by atoms with Crippen LogP contribution in [0.5, 0.6) is 0 Å². The number of aliphatic hydroxyl groups excluding tert-OH is 3. The second kappa shape index (κ2) is 5.54. The quantitative estimate of drug-likeness (QED) is 0.486. The van der Waals surface area contributed by atoms with E-state index in [0.717, 1.165) is 0 Å². The van der Waals surface area contributed by atoms with E-state index in [2.05, 4.69) is 0 Å². The molecule has 2 atom stereocenters. The zero-order valence-electron chi connectivity index (χ0n) is 6.23. The average Bonchev–Trinajstić information content (AvgIpc) is 2.02. The molecule has 0 saturated carbocycles. The van der Waals surface area contributed by atoms with E-state index in [1.54, 1.807) is 6.26 Å². The Labute approximate surface area is 69.2 Å². The molecule has 0 bridgehead atoms. The van der Waals surface area contributed by atoms with Crippen molar-refractivity contribution in [1.29, 1.82) is 0 Å². The molecule has 5 heteroatoms. The lowest BCUT2D eigenvalue weighted by Gasteiger charge is -2.12. The van der Waals surface area contributed by atoms with E-state index in [1.807, 2.05) is 0 Å². The van der Waals surface area contributed by atoms with Crippen molar-refractivity contribution in [3.8, 4) is 0 Å². The summed E-state index contributed by atoms with van der Waals surface area (Å²) < 4.78 is 0. The third-order valence-corrected chi connectivity index (χ3v) is 1.74. The van der Waals surface area contributed by atoms with E-state index in [1.165, 1.54) is 11.8 Å². The predicted octanol–water partition coefficient (Wildman–Crippen LogP) is -1.37. The first-order valence-corrected chi connectivity index (χ1v) is 4.51. The number of thioether (sulfide) groups is 1. The number of carbonyl (C=O) groups is 1. The van der Waals surface area contributed by atoms with Gasteiger partial charge in [-0.3, -0.25) is 4.79 Å². The molecule has 11 heavy (non-hydrogen) atoms. The van der Waals surface area contributed by atoms with E-state index < -0.39 is 24.6 Å². The largest absolute Gasteiger partial charge is 0.394 e. The molecule has 0 heterocycles. The Morgan fingerprint density at radius 2 is 2.09 bits per heavy atom. The summed E-state index contributed by atoms with van der Waals surface area (Å²) in [5.74, 6) is -0.308. The fourth-order valence-corrected chi connectivity index (χ4v) is 0.997. The fourth-order valence-electron chi connectivity index (χ4n) is 0.542. The molecule has 0 spiro atoms. The summed E-state index contributed by atoms with van der Waals surface area (Å²) in [7, 11) is 0. The molecule has 0 aromatic heterocycles. The van der Waals surface area contributed by atoms with Crippen LogP contribution in [-0.2, 0) is 4.79 Å². The lowest BCUT2D eigenvalue weighted by molar-refractivity contribution is -0.131. The highest BCUT2D eigenvalue weighted by Gasteiger charge is 2.22. The lowest BCUT2D eigenvalue weighted by Crippen LogP contribution is -2.37. The van der Waals surface area contributed by atoms with Crippen LogP contribution in [0, 0.1) is 0 Å². The van der Waals surface area contributed by atoms with Crippen molar-refractivity contribution < 1.29 is 20.1 Å². The molecule has 0 fully saturated rings. The van der Waals surface area contributed by atoms with Gasteiger partial charge in [-0.15, -0.1) is 0 Å². The zero-order valence-corrected chi connectivity index (χ0v) is 7.04. The van der Waals surface area contributed by atoms with Crippen molar-refractivity contribution in [2.75, 3.05) is 18.6 Å². The van der Waals surface area contributed by atoms with Gasteiger partial charge in [-0.2, -0.15) is 11.8 Å². The van der Waals surface area contributed by atoms with Gasteiger partial charge >= 0.3 is 0 Å². The van der Waals surface area contributed by atoms with Gasteiger partial charge in [0.1, 0.15) is 12.2 Å². The molecule has 0 aromatic carbocycles. The molecular weight excluding hydrogens is 168 g/mol. The van der Waals surface area contributed by atoms with Crippen LogP contribution in [0.25, 0.3) is 0 Å². The minimum absolute atomic E-state index is 0.151. The minimum Gasteiger partial charge on any atom is -0.394 e. The highest BCUT2D eigenvalue weighted by Crippen LogP contribution is 2.00. The fraction of sp³-hybridized carbons (Fsp3) is 0.833. The summed E-state index contributed by atoms with van der Waals surface area (Å²) in [6, 6.07) is 0. The summed E-state index contributed by atoms with van der Waals surface area (Å²) in [5.41, 5.74) is 0. The van der Waals surface area contributed by atoms with Gasteiger partial charge in [0.25, 0.3) is 0 Å². The molecule has 0 aliphatic rings. The van der Waals surface area contributed by atoms with Crippen LogP contribution < -0.4 is 0 Å². The Morgan fingerprint density at radius 1 is 1.55 bits per heavy atom. The van der Waals surface area contributed by atoms with Crippen molar-refractivity contribution in [1.82, 2.24) is 0 Å². The maximum Gasteiger partial charge on any atom is 0.173 e. The van der Waals surface area contributed by atoms with Crippen LogP contribution in [0.15, 0.2) is 0 Å². The van der Waals surface area contributed by atoms with E-state index >= 15 is 0 Å². The summed E-state index contributed by atoms with van der Waals surface area (Å²) in [4.78, 5) is 10.8. The first-order valence-electron chi connectivity index (χ1n) is 3.12. The number of hydrogen-bond acceptors (Lipinski definition) is 5. The summed E-state index contributed by atoms with van der Waals surface area (Å²) in [6.45, 7) is -0.596. The predicted molar refractivity (Wildman–Crippen MR) is 42.5 cm³/mol. The third-order valence-electron chi connectivity index (χ3n) is 1.17. The second-order valence-corrected chi connectivity index (χ2v) is 2.96. The van der Waals surface area contributed by atoms with Gasteiger partial charge in [-0.05, 0) is 6.26 Å². The van der Waals surface area contributed by atoms with Crippen molar-refractivity contribution in [3.63, 3.8) is 0 Å². The Bertz CT molecular complexity index is 128. The number of Topliss-reactive ketones (excluding diaryl/α,β-unsaturated/α-hetero) is 1. The van der Waals surface area contributed by atoms with Crippen LogP contribution >= 0.6 is 11.8 Å². The summed E-state index contributed by atoms with van der Waals surface area (Å²) in [5, 5.41) is 26.1. The molecule has 0 amide bonds. The van der Waals surface area contributed by atoms with E-state index in [9.17, 15) is 4.79 Å². The van der Waals surface area contributed by atoms with Crippen molar-refractivity contribution >= 4 is 17.5 Å². The maximum atomic E-state index is 10.8. The van der Waals surface area contributed by atoms with E-state index in [4.69, 9.17) is 15.3 Å². The van der Waals surface area contributed by atoms with Crippen LogP contribution in [0.2, 0.25) is 0 Å². The second-order valence-electron chi connectivity index (χ2n) is 2.09. The van der Waals surface area contributed by atoms with Crippen LogP contribution in [0.4, 0.5) is 0 Å². The van der Waals surface area contributed by atoms with Crippen LogP contribution in [-0.4, -0.2) is 51.9 Å². The molecule has 0 unspecified atom stereocenters. The molecule has 0 aromatic rings. The molecule has 4 nitrogen and oxygen atoms in total. The normalized spacial score (nSPS) is 16.0. The SMILES string of the molecule is CSCC(=O)[C@H](O)[C@H](O)CO. The molecule has 3 N–H and O–H groups in total. The first-order chi connectivity index (χ1) is 5.13. The number of hydrogen-bond donors (Lipinski definition) is 3. The standard InChI is InChI=1S/C6H12O4S/c1-11-3-5(9)6(10)4(8)2-7/h4,6-8,10H,2-3H2,1H3/t4-,6-/m1/s1. The van der Waals surface area contributed by atoms with Gasteiger partial charge in [0.2, 0.25) is 0 Å². The molecular formula is C6H12O4S. The smallest absolute Gasteiger partial charge is 0.173 e. The lowest BCUT2D eigenvalue weighted by atomic mass is 10.1. The number of rotatable bonds is 5. The Kier molecular flexibility index (Phi) is 5.49. The molecule has 0 aliphatic heterocycles. The maximum absolute atomic E-state index is 10.8. The number of aliphatic hydroxyl groups is 3. The molecule has 0 rings (SSSR count). The van der Waals surface area contributed by atoms with Gasteiger partial charge in [0, 0.05) is 0 Å². The van der Waals surface area contributed by atoms with Crippen molar-refractivity contribution in [2.45, 2.75) is 12.2 Å². The molecule has 0 radical (unpaired) electrons. The monoisotopic (exact) mass is 180 g/mol. The molecule has 66 valence electrons. The molecule has 0 saturated heterocycles. The first kappa shape index (κ1) is 10.9. The van der Waals surface area contributed by atoms with Crippen molar-refractivity contribution in [2.24, 2.45) is 0 Å². The highest BCUT2D eigenvalue weighted by molar-refractivity contribution is 7.99. The minimum atomic E-state index is -1.45. The van der Waals surface area contributed by atoms with Crippen molar-refractivity contribution in [3.05, 3.63) is 0 Å². The topological polar surface area (TPSA) is 77.8 Å². The van der Waals surface area contributed by atoms with E-state index in [0.29, 0.717) is 0 Å².